The average Bonchev–Trinajstić information content (AvgIpc) is 2.37. The van der Waals surface area contributed by atoms with Gasteiger partial charge in [-0.3, -0.25) is 0 Å². The van der Waals surface area contributed by atoms with Crippen LogP contribution in [0.25, 0.3) is 0 Å². The number of piperidine rings is 1. The van der Waals surface area contributed by atoms with Gasteiger partial charge in [-0.25, -0.2) is 9.59 Å². The van der Waals surface area contributed by atoms with Crippen LogP contribution < -0.4 is 5.32 Å². The van der Waals surface area contributed by atoms with Crippen molar-refractivity contribution in [3.05, 3.63) is 0 Å². The number of aliphatic hydroxyl groups excluding tert-OH is 1. The molecule has 2 atom stereocenters. The van der Waals surface area contributed by atoms with Crippen molar-refractivity contribution in [1.82, 2.24) is 15.1 Å². The second kappa shape index (κ2) is 7.30. The summed E-state index contributed by atoms with van der Waals surface area (Å²) in [7, 11) is 3.77. The number of nitrogens with zero attached hydrogens (tertiary/aromatic N) is 2. The number of carboxylic acids is 1. The molecule has 1 saturated heterocycles. The zero-order valence-corrected chi connectivity index (χ0v) is 11.5. The number of carbonyl (C=O) groups excluding carboxylic acids is 1. The molecule has 7 nitrogen and oxygen atoms in total. The summed E-state index contributed by atoms with van der Waals surface area (Å²) in [5, 5.41) is 20.2. The number of hydrogen-bond acceptors (Lipinski definition) is 4. The van der Waals surface area contributed by atoms with E-state index in [2.05, 4.69) is 10.2 Å². The van der Waals surface area contributed by atoms with Gasteiger partial charge in [0, 0.05) is 32.6 Å². The summed E-state index contributed by atoms with van der Waals surface area (Å²) in [6.45, 7) is 2.05. The molecule has 0 aliphatic carbocycles. The van der Waals surface area contributed by atoms with Crippen molar-refractivity contribution < 1.29 is 19.8 Å². The van der Waals surface area contributed by atoms with Crippen LogP contribution in [0.1, 0.15) is 19.3 Å². The Hall–Kier alpha value is -1.34. The fourth-order valence-electron chi connectivity index (χ4n) is 2.19. The van der Waals surface area contributed by atoms with Crippen LogP contribution in [-0.4, -0.2) is 77.9 Å². The smallest absolute Gasteiger partial charge is 0.332 e. The van der Waals surface area contributed by atoms with Crippen LogP contribution in [0.5, 0.6) is 0 Å². The normalized spacial score (nSPS) is 21.7. The van der Waals surface area contributed by atoms with E-state index in [0.717, 1.165) is 25.9 Å². The molecule has 2 amide bonds. The molecule has 0 saturated carbocycles. The predicted octanol–water partition coefficient (Wildman–Crippen LogP) is -0.442. The molecule has 0 aromatic heterocycles. The van der Waals surface area contributed by atoms with Gasteiger partial charge in [0.15, 0.2) is 6.10 Å². The van der Waals surface area contributed by atoms with E-state index in [1.54, 1.807) is 11.9 Å². The summed E-state index contributed by atoms with van der Waals surface area (Å²) >= 11 is 0. The molecule has 7 heteroatoms. The first-order chi connectivity index (χ1) is 8.91. The first-order valence-corrected chi connectivity index (χ1v) is 6.52. The lowest BCUT2D eigenvalue weighted by molar-refractivity contribution is -0.146. The molecule has 1 aliphatic heterocycles. The highest BCUT2D eigenvalue weighted by molar-refractivity contribution is 5.74. The van der Waals surface area contributed by atoms with E-state index in [-0.39, 0.29) is 25.0 Å². The Bertz CT molecular complexity index is 324. The fraction of sp³-hybridized carbons (Fsp3) is 0.833. The number of likely N-dealkylation sites (tertiary alicyclic amines) is 1. The van der Waals surface area contributed by atoms with Gasteiger partial charge in [0.2, 0.25) is 0 Å². The molecule has 110 valence electrons. The van der Waals surface area contributed by atoms with Crippen molar-refractivity contribution in [3.8, 4) is 0 Å². The van der Waals surface area contributed by atoms with Gasteiger partial charge in [-0.1, -0.05) is 0 Å². The molecule has 0 bridgehead atoms. The second-order valence-electron chi connectivity index (χ2n) is 5.04. The number of aliphatic carboxylic acids is 1. The average molecular weight is 273 g/mol. The molecule has 3 N–H and O–H groups in total. The van der Waals surface area contributed by atoms with Gasteiger partial charge in [-0.05, 0) is 26.4 Å². The Labute approximate surface area is 113 Å². The number of carboxylic acid groups (broad SMARTS) is 1. The number of aliphatic hydroxyl groups is 1. The lowest BCUT2D eigenvalue weighted by Crippen LogP contribution is -2.50. The SMILES string of the molecule is CN1CCCC(N(C)C(=O)NCC[C@H](O)C(=O)O)C1. The van der Waals surface area contributed by atoms with Crippen LogP contribution in [0.4, 0.5) is 4.79 Å². The Morgan fingerprint density at radius 1 is 1.53 bits per heavy atom. The summed E-state index contributed by atoms with van der Waals surface area (Å²) in [6, 6.07) is -0.0407. The second-order valence-corrected chi connectivity index (χ2v) is 5.04. The van der Waals surface area contributed by atoms with Crippen LogP contribution in [0.3, 0.4) is 0 Å². The molecular weight excluding hydrogens is 250 g/mol. The standard InChI is InChI=1S/C12H23N3O4/c1-14-7-3-4-9(8-14)15(2)12(19)13-6-5-10(16)11(17)18/h9-10,16H,3-8H2,1-2H3,(H,13,19)(H,17,18)/t9?,10-/m0/s1. The van der Waals surface area contributed by atoms with Crippen molar-refractivity contribution in [2.75, 3.05) is 33.7 Å². The molecule has 1 aliphatic rings. The van der Waals surface area contributed by atoms with Gasteiger partial charge in [0.1, 0.15) is 0 Å². The van der Waals surface area contributed by atoms with E-state index in [1.807, 2.05) is 7.05 Å². The number of likely N-dealkylation sites (N-methyl/N-ethyl adjacent to an activating group) is 2. The summed E-state index contributed by atoms with van der Waals surface area (Å²) < 4.78 is 0. The van der Waals surface area contributed by atoms with Crippen LogP contribution in [-0.2, 0) is 4.79 Å². The van der Waals surface area contributed by atoms with E-state index >= 15 is 0 Å². The quantitative estimate of drug-likeness (QED) is 0.631. The first kappa shape index (κ1) is 15.7. The van der Waals surface area contributed by atoms with E-state index in [0.29, 0.717) is 0 Å². The van der Waals surface area contributed by atoms with Crippen LogP contribution in [0, 0.1) is 0 Å². The lowest BCUT2D eigenvalue weighted by atomic mass is 10.1. The zero-order valence-electron chi connectivity index (χ0n) is 11.5. The van der Waals surface area contributed by atoms with Crippen molar-refractivity contribution in [2.45, 2.75) is 31.4 Å². The number of carbonyl (C=O) groups is 2. The van der Waals surface area contributed by atoms with E-state index in [4.69, 9.17) is 10.2 Å². The Morgan fingerprint density at radius 3 is 2.79 bits per heavy atom. The molecule has 1 fully saturated rings. The highest BCUT2D eigenvalue weighted by Crippen LogP contribution is 2.13. The van der Waals surface area contributed by atoms with Crippen molar-refractivity contribution in [1.29, 1.82) is 0 Å². The minimum atomic E-state index is -1.42. The van der Waals surface area contributed by atoms with Gasteiger partial charge in [0.25, 0.3) is 0 Å². The van der Waals surface area contributed by atoms with Gasteiger partial charge in [-0.2, -0.15) is 0 Å². The van der Waals surface area contributed by atoms with Crippen molar-refractivity contribution >= 4 is 12.0 Å². The third kappa shape index (κ3) is 5.04. The van der Waals surface area contributed by atoms with E-state index in [9.17, 15) is 9.59 Å². The van der Waals surface area contributed by atoms with E-state index in [1.165, 1.54) is 0 Å². The van der Waals surface area contributed by atoms with Crippen LogP contribution in [0.15, 0.2) is 0 Å². The largest absolute Gasteiger partial charge is 0.479 e. The maximum Gasteiger partial charge on any atom is 0.332 e. The van der Waals surface area contributed by atoms with Gasteiger partial charge >= 0.3 is 12.0 Å². The van der Waals surface area contributed by atoms with Crippen LogP contribution >= 0.6 is 0 Å². The van der Waals surface area contributed by atoms with Gasteiger partial charge < -0.3 is 25.3 Å². The van der Waals surface area contributed by atoms with Crippen molar-refractivity contribution in [3.63, 3.8) is 0 Å². The van der Waals surface area contributed by atoms with Crippen molar-refractivity contribution in [2.24, 2.45) is 0 Å². The Balaban J connectivity index is 2.30. The molecule has 0 spiro atoms. The number of urea groups is 1. The third-order valence-corrected chi connectivity index (χ3v) is 3.45. The molecule has 1 unspecified atom stereocenters. The maximum atomic E-state index is 11.9. The molecule has 1 rings (SSSR count). The first-order valence-electron chi connectivity index (χ1n) is 6.52. The monoisotopic (exact) mass is 273 g/mol. The molecule has 0 aromatic rings. The molecule has 19 heavy (non-hydrogen) atoms. The third-order valence-electron chi connectivity index (χ3n) is 3.45. The van der Waals surface area contributed by atoms with E-state index < -0.39 is 12.1 Å². The predicted molar refractivity (Wildman–Crippen MR) is 69.9 cm³/mol. The molecule has 0 aromatic carbocycles. The fourth-order valence-corrected chi connectivity index (χ4v) is 2.19. The number of nitrogens with one attached hydrogen (secondary N) is 1. The van der Waals surface area contributed by atoms with Gasteiger partial charge in [0.05, 0.1) is 0 Å². The highest BCUT2D eigenvalue weighted by atomic mass is 16.4. The molecule has 1 heterocycles. The van der Waals surface area contributed by atoms with Gasteiger partial charge in [-0.15, -0.1) is 0 Å². The Morgan fingerprint density at radius 2 is 2.21 bits per heavy atom. The lowest BCUT2D eigenvalue weighted by Gasteiger charge is -2.35. The minimum Gasteiger partial charge on any atom is -0.479 e. The topological polar surface area (TPSA) is 93.1 Å². The summed E-state index contributed by atoms with van der Waals surface area (Å²) in [5.74, 6) is -1.27. The number of rotatable bonds is 5. The summed E-state index contributed by atoms with van der Waals surface area (Å²) in [6.07, 6.45) is 0.633. The number of amides is 2. The molecule has 0 radical (unpaired) electrons. The highest BCUT2D eigenvalue weighted by Gasteiger charge is 2.24. The zero-order chi connectivity index (χ0) is 14.4. The summed E-state index contributed by atoms with van der Waals surface area (Å²) in [4.78, 5) is 26.1. The van der Waals surface area contributed by atoms with Crippen LogP contribution in [0.2, 0.25) is 0 Å². The number of hydrogen-bond donors (Lipinski definition) is 3. The minimum absolute atomic E-state index is 0.0134. The molecular formula is C12H23N3O4. The maximum absolute atomic E-state index is 11.9. The Kier molecular flexibility index (Phi) is 6.04. The summed E-state index contributed by atoms with van der Waals surface area (Å²) in [5.41, 5.74) is 0.